The van der Waals surface area contributed by atoms with Gasteiger partial charge in [-0.3, -0.25) is 4.68 Å². The number of aryl methyl sites for hydroxylation is 1. The summed E-state index contributed by atoms with van der Waals surface area (Å²) in [5.41, 5.74) is 0.185. The molecule has 90 valence electrons. The van der Waals surface area contributed by atoms with Crippen LogP contribution in [0.4, 0.5) is 8.78 Å². The van der Waals surface area contributed by atoms with E-state index in [0.29, 0.717) is 5.69 Å². The number of ether oxygens (including phenoxy) is 1. The van der Waals surface area contributed by atoms with Crippen LogP contribution in [0.5, 0.6) is 0 Å². The zero-order valence-electron chi connectivity index (χ0n) is 9.41. The molecule has 16 heavy (non-hydrogen) atoms. The minimum absolute atomic E-state index is 0.255. The van der Waals surface area contributed by atoms with Crippen molar-refractivity contribution in [3.63, 3.8) is 0 Å². The molecule has 0 saturated carbocycles. The second-order valence-corrected chi connectivity index (χ2v) is 3.38. The van der Waals surface area contributed by atoms with E-state index in [1.165, 1.54) is 10.7 Å². The maximum Gasteiger partial charge on any atom is 0.330 e. The third kappa shape index (κ3) is 2.56. The van der Waals surface area contributed by atoms with Crippen molar-refractivity contribution in [2.75, 3.05) is 6.61 Å². The summed E-state index contributed by atoms with van der Waals surface area (Å²) >= 11 is 0. The molecule has 0 aromatic carbocycles. The van der Waals surface area contributed by atoms with E-state index in [2.05, 4.69) is 5.10 Å². The number of rotatable bonds is 4. The van der Waals surface area contributed by atoms with Crippen molar-refractivity contribution >= 4 is 5.97 Å². The first-order valence-corrected chi connectivity index (χ1v) is 4.98. The third-order valence-electron chi connectivity index (χ3n) is 2.16. The Morgan fingerprint density at radius 3 is 2.69 bits per heavy atom. The molecule has 0 amide bonds. The van der Waals surface area contributed by atoms with Crippen molar-refractivity contribution in [3.05, 3.63) is 17.5 Å². The fraction of sp³-hybridized carbons (Fsp3) is 0.600. The smallest absolute Gasteiger partial charge is 0.330 e. The molecule has 1 rings (SSSR count). The summed E-state index contributed by atoms with van der Waals surface area (Å²) in [5, 5.41) is 3.68. The van der Waals surface area contributed by atoms with Crippen LogP contribution in [0.15, 0.2) is 6.07 Å². The van der Waals surface area contributed by atoms with Gasteiger partial charge in [-0.1, -0.05) is 0 Å². The van der Waals surface area contributed by atoms with Gasteiger partial charge in [0, 0.05) is 5.69 Å². The van der Waals surface area contributed by atoms with Crippen molar-refractivity contribution in [1.82, 2.24) is 9.78 Å². The van der Waals surface area contributed by atoms with Crippen LogP contribution >= 0.6 is 0 Å². The fourth-order valence-corrected chi connectivity index (χ4v) is 1.37. The minimum atomic E-state index is -2.63. The van der Waals surface area contributed by atoms with Crippen LogP contribution in [0.25, 0.3) is 0 Å². The molecule has 6 heteroatoms. The molecular weight excluding hydrogens is 218 g/mol. The summed E-state index contributed by atoms with van der Waals surface area (Å²) in [6, 6.07) is 0.577. The standard InChI is InChI=1S/C10H14F2N2O2/c1-4-16-10(15)7(3)14-6(2)5-8(13-14)9(11)12/h5,7,9H,4H2,1-3H3/t7-/m0/s1. The molecule has 1 heterocycles. The first-order chi connectivity index (χ1) is 7.47. The maximum atomic E-state index is 12.4. The van der Waals surface area contributed by atoms with E-state index in [4.69, 9.17) is 4.74 Å². The van der Waals surface area contributed by atoms with Crippen molar-refractivity contribution in [2.45, 2.75) is 33.2 Å². The number of esters is 1. The van der Waals surface area contributed by atoms with E-state index < -0.39 is 18.4 Å². The van der Waals surface area contributed by atoms with Gasteiger partial charge in [0.05, 0.1) is 6.61 Å². The molecule has 0 aliphatic heterocycles. The Kier molecular flexibility index (Phi) is 3.98. The van der Waals surface area contributed by atoms with Crippen LogP contribution in [-0.4, -0.2) is 22.4 Å². The molecule has 0 N–H and O–H groups in total. The highest BCUT2D eigenvalue weighted by Crippen LogP contribution is 2.20. The van der Waals surface area contributed by atoms with Crippen LogP contribution in [0, 0.1) is 6.92 Å². The molecule has 0 aliphatic rings. The van der Waals surface area contributed by atoms with Gasteiger partial charge in [0.1, 0.15) is 11.7 Å². The lowest BCUT2D eigenvalue weighted by Gasteiger charge is -2.12. The highest BCUT2D eigenvalue weighted by Gasteiger charge is 2.21. The van der Waals surface area contributed by atoms with Gasteiger partial charge in [-0.05, 0) is 26.8 Å². The van der Waals surface area contributed by atoms with Gasteiger partial charge in [-0.2, -0.15) is 5.10 Å². The Labute approximate surface area is 92.2 Å². The van der Waals surface area contributed by atoms with Gasteiger partial charge < -0.3 is 4.74 Å². The largest absolute Gasteiger partial charge is 0.464 e. The average Bonchev–Trinajstić information content (AvgIpc) is 2.60. The number of halogens is 2. The Balaban J connectivity index is 2.91. The number of carbonyl (C=O) groups is 1. The van der Waals surface area contributed by atoms with E-state index >= 15 is 0 Å². The molecule has 0 saturated heterocycles. The number of alkyl halides is 2. The zero-order chi connectivity index (χ0) is 12.3. The third-order valence-corrected chi connectivity index (χ3v) is 2.16. The molecule has 0 radical (unpaired) electrons. The Hall–Kier alpha value is -1.46. The molecule has 4 nitrogen and oxygen atoms in total. The molecule has 0 bridgehead atoms. The van der Waals surface area contributed by atoms with Crippen LogP contribution < -0.4 is 0 Å². The van der Waals surface area contributed by atoms with Crippen molar-refractivity contribution in [3.8, 4) is 0 Å². The van der Waals surface area contributed by atoms with Gasteiger partial charge in [-0.15, -0.1) is 0 Å². The molecule has 0 fully saturated rings. The molecule has 1 aromatic rings. The van der Waals surface area contributed by atoms with E-state index in [-0.39, 0.29) is 12.3 Å². The SMILES string of the molecule is CCOC(=O)[C@H](C)n1nc(C(F)F)cc1C. The second-order valence-electron chi connectivity index (χ2n) is 3.38. The van der Waals surface area contributed by atoms with Crippen LogP contribution in [0.2, 0.25) is 0 Å². The molecule has 1 atom stereocenters. The summed E-state index contributed by atoms with van der Waals surface area (Å²) in [5.74, 6) is -0.477. The molecule has 0 unspecified atom stereocenters. The monoisotopic (exact) mass is 232 g/mol. The topological polar surface area (TPSA) is 44.1 Å². The zero-order valence-corrected chi connectivity index (χ0v) is 9.41. The lowest BCUT2D eigenvalue weighted by molar-refractivity contribution is -0.146. The van der Waals surface area contributed by atoms with Crippen LogP contribution in [0.3, 0.4) is 0 Å². The Morgan fingerprint density at radius 1 is 1.62 bits per heavy atom. The number of nitrogens with zero attached hydrogens (tertiary/aromatic N) is 2. The average molecular weight is 232 g/mol. The van der Waals surface area contributed by atoms with Gasteiger partial charge in [-0.25, -0.2) is 13.6 Å². The number of hydrogen-bond acceptors (Lipinski definition) is 3. The quantitative estimate of drug-likeness (QED) is 0.748. The summed E-state index contributed by atoms with van der Waals surface area (Å²) in [6.45, 7) is 5.12. The van der Waals surface area contributed by atoms with Gasteiger partial charge in [0.25, 0.3) is 6.43 Å². The Bertz CT molecular complexity index is 377. The fourth-order valence-electron chi connectivity index (χ4n) is 1.37. The molecule has 1 aromatic heterocycles. The molecular formula is C10H14F2N2O2. The predicted molar refractivity (Wildman–Crippen MR) is 53.3 cm³/mol. The van der Waals surface area contributed by atoms with E-state index in [1.54, 1.807) is 20.8 Å². The predicted octanol–water partition coefficient (Wildman–Crippen LogP) is 2.25. The van der Waals surface area contributed by atoms with Crippen molar-refractivity contribution in [1.29, 1.82) is 0 Å². The highest BCUT2D eigenvalue weighted by atomic mass is 19.3. The minimum Gasteiger partial charge on any atom is -0.464 e. The summed E-state index contributed by atoms with van der Waals surface area (Å²) < 4.78 is 30.8. The van der Waals surface area contributed by atoms with Crippen molar-refractivity contribution in [2.24, 2.45) is 0 Å². The van der Waals surface area contributed by atoms with E-state index in [9.17, 15) is 13.6 Å². The lowest BCUT2D eigenvalue weighted by Crippen LogP contribution is -2.21. The second kappa shape index (κ2) is 5.05. The maximum absolute atomic E-state index is 12.4. The molecule has 0 aliphatic carbocycles. The Morgan fingerprint density at radius 2 is 2.25 bits per heavy atom. The first kappa shape index (κ1) is 12.6. The molecule has 0 spiro atoms. The number of aromatic nitrogens is 2. The van der Waals surface area contributed by atoms with Crippen molar-refractivity contribution < 1.29 is 18.3 Å². The normalized spacial score (nSPS) is 12.9. The lowest BCUT2D eigenvalue weighted by atomic mass is 10.3. The van der Waals surface area contributed by atoms with E-state index in [1.807, 2.05) is 0 Å². The van der Waals surface area contributed by atoms with Crippen LogP contribution in [0.1, 0.15) is 37.7 Å². The van der Waals surface area contributed by atoms with E-state index in [0.717, 1.165) is 0 Å². The highest BCUT2D eigenvalue weighted by molar-refractivity contribution is 5.73. The summed E-state index contributed by atoms with van der Waals surface area (Å²) in [6.07, 6.45) is -2.63. The first-order valence-electron chi connectivity index (χ1n) is 4.98. The number of carbonyl (C=O) groups excluding carboxylic acids is 1. The van der Waals surface area contributed by atoms with Crippen LogP contribution in [-0.2, 0) is 9.53 Å². The van der Waals surface area contributed by atoms with Gasteiger partial charge >= 0.3 is 5.97 Å². The number of hydrogen-bond donors (Lipinski definition) is 0. The van der Waals surface area contributed by atoms with Gasteiger partial charge in [0.15, 0.2) is 0 Å². The summed E-state index contributed by atoms with van der Waals surface area (Å²) in [4.78, 5) is 11.4. The van der Waals surface area contributed by atoms with Gasteiger partial charge in [0.2, 0.25) is 0 Å². The summed E-state index contributed by atoms with van der Waals surface area (Å²) in [7, 11) is 0.